The number of nitriles is 1. The Morgan fingerprint density at radius 3 is 2.59 bits per heavy atom. The first-order chi connectivity index (χ1) is 16.3. The second-order valence-electron chi connectivity index (χ2n) is 8.52. The largest absolute Gasteiger partial charge is 0.387 e. The van der Waals surface area contributed by atoms with Gasteiger partial charge in [0.2, 0.25) is 0 Å². The van der Waals surface area contributed by atoms with Crippen LogP contribution in [0.2, 0.25) is 5.02 Å². The highest BCUT2D eigenvalue weighted by Crippen LogP contribution is 2.49. The van der Waals surface area contributed by atoms with Crippen molar-refractivity contribution in [3.8, 4) is 6.07 Å². The zero-order chi connectivity index (χ0) is 24.1. The fourth-order valence-corrected chi connectivity index (χ4v) is 4.73. The van der Waals surface area contributed by atoms with E-state index in [1.54, 1.807) is 42.5 Å². The van der Waals surface area contributed by atoms with Crippen molar-refractivity contribution in [2.24, 2.45) is 0 Å². The lowest BCUT2D eigenvalue weighted by Gasteiger charge is -2.40. The average molecular weight is 543 g/mol. The molecule has 0 radical (unpaired) electrons. The summed E-state index contributed by atoms with van der Waals surface area (Å²) in [6.07, 6.45) is 2.53. The second-order valence-corrected chi connectivity index (χ2v) is 9.87. The Balaban J connectivity index is 1.71. The fraction of sp³-hybridized carbons (Fsp3) is 0.240. The van der Waals surface area contributed by atoms with Crippen LogP contribution in [0.25, 0.3) is 0 Å². The Morgan fingerprint density at radius 2 is 1.97 bits per heavy atom. The molecule has 34 heavy (non-hydrogen) atoms. The number of fused-ring (bicyclic) bond motifs is 1. The van der Waals surface area contributed by atoms with Crippen LogP contribution in [0.15, 0.2) is 59.2 Å². The molecule has 1 atom stereocenters. The van der Waals surface area contributed by atoms with Gasteiger partial charge in [-0.15, -0.1) is 0 Å². The lowest BCUT2D eigenvalue weighted by Crippen LogP contribution is -2.48. The molecule has 5 rings (SSSR count). The second kappa shape index (κ2) is 8.43. The van der Waals surface area contributed by atoms with Gasteiger partial charge in [-0.3, -0.25) is 14.7 Å². The first-order valence-corrected chi connectivity index (χ1v) is 11.7. The maximum absolute atomic E-state index is 15.6. The smallest absolute Gasteiger partial charge is 0.257 e. The van der Waals surface area contributed by atoms with E-state index in [4.69, 9.17) is 21.6 Å². The van der Waals surface area contributed by atoms with Crippen molar-refractivity contribution in [2.75, 3.05) is 6.61 Å². The molecule has 0 saturated heterocycles. The number of amides is 1. The third-order valence-corrected chi connectivity index (χ3v) is 6.85. The van der Waals surface area contributed by atoms with Crippen molar-refractivity contribution in [3.05, 3.63) is 98.0 Å². The van der Waals surface area contributed by atoms with E-state index in [-0.39, 0.29) is 24.3 Å². The maximum Gasteiger partial charge on any atom is 0.257 e. The Bertz CT molecular complexity index is 1320. The van der Waals surface area contributed by atoms with Crippen LogP contribution in [0.3, 0.4) is 0 Å². The zero-order valence-corrected chi connectivity index (χ0v) is 20.1. The zero-order valence-electron chi connectivity index (χ0n) is 17.8. The SMILES string of the molecule is N#Cc1ccc(CN2C(=O)c3cc(Br)cc(F)c3C2(OCC2(O)CC2)c2ccc(Cl)cc2)nc1. The van der Waals surface area contributed by atoms with Crippen LogP contribution in [-0.4, -0.2) is 33.1 Å². The van der Waals surface area contributed by atoms with Crippen molar-refractivity contribution in [2.45, 2.75) is 30.7 Å². The van der Waals surface area contributed by atoms with Gasteiger partial charge in [-0.1, -0.05) is 39.7 Å². The summed E-state index contributed by atoms with van der Waals surface area (Å²) >= 11 is 9.40. The van der Waals surface area contributed by atoms with E-state index in [1.165, 1.54) is 17.2 Å². The van der Waals surface area contributed by atoms with Crippen molar-refractivity contribution in [3.63, 3.8) is 0 Å². The molecule has 0 bridgehead atoms. The number of pyridine rings is 1. The number of carbonyl (C=O) groups is 1. The standard InChI is InChI=1S/C25H18BrClFN3O3/c26-17-9-20-22(21(28)10-17)25(34-14-24(33)7-8-24,16-2-4-18(27)5-3-16)31(23(20)32)13-19-6-1-15(11-29)12-30-19/h1-6,9-10,12,33H,7-8,13-14H2. The molecule has 1 unspecified atom stereocenters. The predicted molar refractivity (Wildman–Crippen MR) is 125 cm³/mol. The molecule has 1 aliphatic carbocycles. The lowest BCUT2D eigenvalue weighted by atomic mass is 9.92. The number of halogens is 3. The van der Waals surface area contributed by atoms with Gasteiger partial charge in [-0.25, -0.2) is 4.39 Å². The summed E-state index contributed by atoms with van der Waals surface area (Å²) < 4.78 is 22.4. The number of carbonyl (C=O) groups excluding carboxylic acids is 1. The number of nitrogens with zero attached hydrogens (tertiary/aromatic N) is 3. The summed E-state index contributed by atoms with van der Waals surface area (Å²) in [5.74, 6) is -1.06. The summed E-state index contributed by atoms with van der Waals surface area (Å²) in [6.45, 7) is -0.105. The topological polar surface area (TPSA) is 86.5 Å². The summed E-state index contributed by atoms with van der Waals surface area (Å²) in [4.78, 5) is 19.4. The van der Waals surface area contributed by atoms with Gasteiger partial charge in [0, 0.05) is 21.3 Å². The minimum Gasteiger partial charge on any atom is -0.387 e. The number of ether oxygens (including phenoxy) is 1. The van der Waals surface area contributed by atoms with Crippen LogP contribution in [-0.2, 0) is 17.0 Å². The molecular formula is C25H18BrClFN3O3. The Morgan fingerprint density at radius 1 is 1.24 bits per heavy atom. The molecule has 1 amide bonds. The minimum absolute atomic E-state index is 0.0165. The van der Waals surface area contributed by atoms with Crippen LogP contribution < -0.4 is 0 Å². The Kier molecular flexibility index (Phi) is 5.69. The van der Waals surface area contributed by atoms with E-state index in [0.717, 1.165) is 0 Å². The minimum atomic E-state index is -1.66. The van der Waals surface area contributed by atoms with Crippen LogP contribution in [0.4, 0.5) is 4.39 Å². The van der Waals surface area contributed by atoms with E-state index in [1.807, 2.05) is 6.07 Å². The highest BCUT2D eigenvalue weighted by molar-refractivity contribution is 9.10. The highest BCUT2D eigenvalue weighted by atomic mass is 79.9. The van der Waals surface area contributed by atoms with Crippen LogP contribution in [0.1, 0.15) is 45.6 Å². The van der Waals surface area contributed by atoms with Gasteiger partial charge in [0.05, 0.1) is 41.1 Å². The van der Waals surface area contributed by atoms with Gasteiger partial charge < -0.3 is 9.84 Å². The Labute approximate surface area is 208 Å². The number of hydrogen-bond acceptors (Lipinski definition) is 5. The molecule has 9 heteroatoms. The number of rotatable bonds is 6. The van der Waals surface area contributed by atoms with Gasteiger partial charge in [-0.2, -0.15) is 5.26 Å². The molecule has 2 aromatic carbocycles. The average Bonchev–Trinajstić information content (AvgIpc) is 3.51. The third-order valence-electron chi connectivity index (χ3n) is 6.14. The van der Waals surface area contributed by atoms with E-state index < -0.39 is 23.1 Å². The summed E-state index contributed by atoms with van der Waals surface area (Å²) in [7, 11) is 0. The quantitative estimate of drug-likeness (QED) is 0.479. The van der Waals surface area contributed by atoms with Crippen LogP contribution in [0, 0.1) is 17.1 Å². The molecule has 1 saturated carbocycles. The van der Waals surface area contributed by atoms with Crippen molar-refractivity contribution in [1.82, 2.24) is 9.88 Å². The van der Waals surface area contributed by atoms with E-state index in [9.17, 15) is 9.90 Å². The van der Waals surface area contributed by atoms with Crippen LogP contribution >= 0.6 is 27.5 Å². The molecule has 1 aliphatic heterocycles. The van der Waals surface area contributed by atoms with Crippen molar-refractivity contribution < 1.29 is 19.0 Å². The molecule has 6 nitrogen and oxygen atoms in total. The molecule has 0 spiro atoms. The van der Waals surface area contributed by atoms with E-state index in [2.05, 4.69) is 20.9 Å². The molecule has 3 aromatic rings. The highest BCUT2D eigenvalue weighted by Gasteiger charge is 2.56. The lowest BCUT2D eigenvalue weighted by molar-refractivity contribution is -0.139. The maximum atomic E-state index is 15.6. The monoisotopic (exact) mass is 541 g/mol. The number of benzene rings is 2. The molecule has 1 N–H and O–H groups in total. The van der Waals surface area contributed by atoms with Gasteiger partial charge in [0.15, 0.2) is 5.72 Å². The van der Waals surface area contributed by atoms with Gasteiger partial charge in [0.1, 0.15) is 11.9 Å². The van der Waals surface area contributed by atoms with Crippen molar-refractivity contribution >= 4 is 33.4 Å². The first kappa shape index (κ1) is 22.9. The normalized spacial score (nSPS) is 20.2. The molecule has 1 fully saturated rings. The number of aromatic nitrogens is 1. The Hall–Kier alpha value is -2.83. The van der Waals surface area contributed by atoms with E-state index >= 15 is 4.39 Å². The molecule has 2 heterocycles. The molecular weight excluding hydrogens is 525 g/mol. The number of hydrogen-bond donors (Lipinski definition) is 1. The summed E-state index contributed by atoms with van der Waals surface area (Å²) in [5.41, 5.74) is -1.09. The molecule has 2 aliphatic rings. The number of aliphatic hydroxyl groups is 1. The van der Waals surface area contributed by atoms with Crippen molar-refractivity contribution in [1.29, 1.82) is 5.26 Å². The third kappa shape index (κ3) is 3.89. The summed E-state index contributed by atoms with van der Waals surface area (Å²) in [5, 5.41) is 20.1. The molecule has 172 valence electrons. The first-order valence-electron chi connectivity index (χ1n) is 10.5. The predicted octanol–water partition coefficient (Wildman–Crippen LogP) is 4.91. The molecule has 1 aromatic heterocycles. The van der Waals surface area contributed by atoms with Gasteiger partial charge in [-0.05, 0) is 49.2 Å². The summed E-state index contributed by atoms with van der Waals surface area (Å²) in [6, 6.07) is 14.8. The van der Waals surface area contributed by atoms with Gasteiger partial charge in [0.25, 0.3) is 5.91 Å². The van der Waals surface area contributed by atoms with Crippen LogP contribution in [0.5, 0.6) is 0 Å². The van der Waals surface area contributed by atoms with Gasteiger partial charge >= 0.3 is 0 Å². The van der Waals surface area contributed by atoms with E-state index in [0.29, 0.717) is 39.2 Å². The fourth-order valence-electron chi connectivity index (χ4n) is 4.18.